The van der Waals surface area contributed by atoms with Gasteiger partial charge in [0.1, 0.15) is 5.75 Å². The van der Waals surface area contributed by atoms with Crippen LogP contribution in [0.4, 0.5) is 0 Å². The molecule has 1 aromatic carbocycles. The zero-order valence-corrected chi connectivity index (χ0v) is 11.8. The third-order valence-electron chi connectivity index (χ3n) is 3.32. The van der Waals surface area contributed by atoms with Crippen LogP contribution in [0.15, 0.2) is 24.3 Å². The van der Waals surface area contributed by atoms with Gasteiger partial charge >= 0.3 is 0 Å². The van der Waals surface area contributed by atoms with Gasteiger partial charge in [-0.2, -0.15) is 0 Å². The molecule has 2 rings (SSSR count). The number of ether oxygens (including phenoxy) is 1. The summed E-state index contributed by atoms with van der Waals surface area (Å²) in [7, 11) is -1.76. The third kappa shape index (κ3) is 4.49. The first kappa shape index (κ1) is 14.3. The van der Waals surface area contributed by atoms with Gasteiger partial charge in [-0.1, -0.05) is 12.1 Å². The average Bonchev–Trinajstić information content (AvgIpc) is 3.18. The van der Waals surface area contributed by atoms with E-state index < -0.39 is 10.0 Å². The van der Waals surface area contributed by atoms with E-state index in [-0.39, 0.29) is 11.8 Å². The van der Waals surface area contributed by atoms with Crippen molar-refractivity contribution in [3.63, 3.8) is 0 Å². The molecule has 106 valence electrons. The lowest BCUT2D eigenvalue weighted by Gasteiger charge is -2.18. The normalized spacial score (nSPS) is 17.2. The third-order valence-corrected chi connectivity index (χ3v) is 4.09. The lowest BCUT2D eigenvalue weighted by Crippen LogP contribution is -2.31. The van der Waals surface area contributed by atoms with Crippen LogP contribution in [0.5, 0.6) is 5.75 Å². The number of hydrogen-bond acceptors (Lipinski definition) is 4. The van der Waals surface area contributed by atoms with E-state index in [1.807, 2.05) is 24.3 Å². The highest BCUT2D eigenvalue weighted by Gasteiger charge is 2.31. The van der Waals surface area contributed by atoms with Crippen molar-refractivity contribution in [2.75, 3.05) is 19.4 Å². The second-order valence-corrected chi connectivity index (χ2v) is 6.64. The highest BCUT2D eigenvalue weighted by atomic mass is 32.2. The maximum absolute atomic E-state index is 10.9. The molecule has 0 bridgehead atoms. The number of benzene rings is 1. The van der Waals surface area contributed by atoms with Gasteiger partial charge in [-0.25, -0.2) is 13.6 Å². The van der Waals surface area contributed by atoms with Gasteiger partial charge in [0.25, 0.3) is 0 Å². The van der Waals surface area contributed by atoms with Crippen molar-refractivity contribution in [3.8, 4) is 5.75 Å². The van der Waals surface area contributed by atoms with Crippen molar-refractivity contribution in [2.45, 2.75) is 18.9 Å². The summed E-state index contributed by atoms with van der Waals surface area (Å²) in [5.41, 5.74) is 1.16. The van der Waals surface area contributed by atoms with Crippen LogP contribution < -0.4 is 15.2 Å². The quantitative estimate of drug-likeness (QED) is 0.783. The Morgan fingerprint density at radius 2 is 2.00 bits per heavy atom. The van der Waals surface area contributed by atoms with Gasteiger partial charge < -0.3 is 10.1 Å². The van der Waals surface area contributed by atoms with Crippen LogP contribution in [-0.2, 0) is 10.0 Å². The van der Waals surface area contributed by atoms with Crippen molar-refractivity contribution in [2.24, 2.45) is 11.1 Å². The summed E-state index contributed by atoms with van der Waals surface area (Å²) in [6.45, 7) is 0.381. The molecule has 0 aliphatic heterocycles. The van der Waals surface area contributed by atoms with Gasteiger partial charge in [-0.05, 0) is 36.5 Å². The molecule has 0 spiro atoms. The van der Waals surface area contributed by atoms with E-state index in [2.05, 4.69) is 5.32 Å². The summed E-state index contributed by atoms with van der Waals surface area (Å²) in [5, 5.41) is 8.30. The van der Waals surface area contributed by atoms with Gasteiger partial charge in [0, 0.05) is 12.6 Å². The van der Waals surface area contributed by atoms with E-state index in [0.717, 1.165) is 11.3 Å². The second kappa shape index (κ2) is 5.90. The van der Waals surface area contributed by atoms with Crippen molar-refractivity contribution < 1.29 is 13.2 Å². The van der Waals surface area contributed by atoms with Gasteiger partial charge in [0.15, 0.2) is 0 Å². The highest BCUT2D eigenvalue weighted by molar-refractivity contribution is 7.89. The number of rotatable bonds is 7. The molecule has 1 atom stereocenters. The van der Waals surface area contributed by atoms with Crippen molar-refractivity contribution in [1.82, 2.24) is 5.32 Å². The Morgan fingerprint density at radius 3 is 2.47 bits per heavy atom. The van der Waals surface area contributed by atoms with Gasteiger partial charge in [0.2, 0.25) is 10.0 Å². The molecule has 1 aliphatic rings. The first-order chi connectivity index (χ1) is 8.99. The Morgan fingerprint density at radius 1 is 1.37 bits per heavy atom. The number of nitrogens with two attached hydrogens (primary N) is 1. The lowest BCUT2D eigenvalue weighted by atomic mass is 10.0. The largest absolute Gasteiger partial charge is 0.497 e. The number of methoxy groups -OCH3 is 1. The molecule has 0 saturated heterocycles. The smallest absolute Gasteiger partial charge is 0.210 e. The maximum atomic E-state index is 10.9. The second-order valence-electron chi connectivity index (χ2n) is 4.91. The summed E-state index contributed by atoms with van der Waals surface area (Å²) in [6.07, 6.45) is 2.36. The zero-order valence-electron chi connectivity index (χ0n) is 11.0. The molecule has 5 nitrogen and oxygen atoms in total. The number of primary sulfonamides is 1. The molecule has 0 heterocycles. The summed E-state index contributed by atoms with van der Waals surface area (Å²) < 4.78 is 27.0. The number of sulfonamides is 1. The van der Waals surface area contributed by atoms with Gasteiger partial charge in [-0.15, -0.1) is 0 Å². The van der Waals surface area contributed by atoms with Crippen LogP contribution in [0.1, 0.15) is 24.4 Å². The minimum atomic E-state index is -3.40. The van der Waals surface area contributed by atoms with Crippen LogP contribution in [0, 0.1) is 5.92 Å². The molecule has 6 heteroatoms. The van der Waals surface area contributed by atoms with E-state index in [4.69, 9.17) is 9.88 Å². The van der Waals surface area contributed by atoms with Crippen LogP contribution in [0.2, 0.25) is 0 Å². The minimum absolute atomic E-state index is 0.0353. The van der Waals surface area contributed by atoms with Crippen LogP contribution in [0.25, 0.3) is 0 Å². The predicted octanol–water partition coefficient (Wildman–Crippen LogP) is 1.02. The van der Waals surface area contributed by atoms with E-state index >= 15 is 0 Å². The Bertz CT molecular complexity index is 509. The van der Waals surface area contributed by atoms with Gasteiger partial charge in [0.05, 0.1) is 12.9 Å². The zero-order chi connectivity index (χ0) is 13.9. The predicted molar refractivity (Wildman–Crippen MR) is 74.4 cm³/mol. The molecule has 0 amide bonds. The molecule has 1 fully saturated rings. The Balaban J connectivity index is 1.99. The first-order valence-corrected chi connectivity index (χ1v) is 8.09. The topological polar surface area (TPSA) is 81.4 Å². The monoisotopic (exact) mass is 284 g/mol. The average molecular weight is 284 g/mol. The van der Waals surface area contributed by atoms with Crippen LogP contribution in [0.3, 0.4) is 0 Å². The summed E-state index contributed by atoms with van der Waals surface area (Å²) in [5.74, 6) is 1.38. The Labute approximate surface area is 114 Å². The molecule has 0 radical (unpaired) electrons. The Hall–Kier alpha value is -1.11. The van der Waals surface area contributed by atoms with Crippen LogP contribution >= 0.6 is 0 Å². The van der Waals surface area contributed by atoms with Crippen molar-refractivity contribution in [1.29, 1.82) is 0 Å². The summed E-state index contributed by atoms with van der Waals surface area (Å²) >= 11 is 0. The first-order valence-electron chi connectivity index (χ1n) is 6.37. The molecule has 1 saturated carbocycles. The molecular formula is C13H20N2O3S. The SMILES string of the molecule is COc1ccc(C(NCCS(N)(=O)=O)C2CC2)cc1. The van der Waals surface area contributed by atoms with Crippen molar-refractivity contribution in [3.05, 3.63) is 29.8 Å². The van der Waals surface area contributed by atoms with E-state index in [9.17, 15) is 8.42 Å². The van der Waals surface area contributed by atoms with E-state index in [1.165, 1.54) is 12.8 Å². The van der Waals surface area contributed by atoms with E-state index in [0.29, 0.717) is 12.5 Å². The molecule has 0 aromatic heterocycles. The summed E-state index contributed by atoms with van der Waals surface area (Å²) in [4.78, 5) is 0. The van der Waals surface area contributed by atoms with Crippen molar-refractivity contribution >= 4 is 10.0 Å². The Kier molecular flexibility index (Phi) is 4.44. The van der Waals surface area contributed by atoms with E-state index in [1.54, 1.807) is 7.11 Å². The number of nitrogens with one attached hydrogen (secondary N) is 1. The fraction of sp³-hybridized carbons (Fsp3) is 0.538. The molecule has 3 N–H and O–H groups in total. The molecule has 19 heavy (non-hydrogen) atoms. The molecular weight excluding hydrogens is 264 g/mol. The fourth-order valence-electron chi connectivity index (χ4n) is 2.15. The maximum Gasteiger partial charge on any atom is 0.210 e. The van der Waals surface area contributed by atoms with Crippen LogP contribution in [-0.4, -0.2) is 27.8 Å². The fourth-order valence-corrected chi connectivity index (χ4v) is 2.56. The molecule has 1 aliphatic carbocycles. The summed E-state index contributed by atoms with van der Waals surface area (Å²) in [6, 6.07) is 8.09. The molecule has 1 aromatic rings. The standard InChI is InChI=1S/C13H20N2O3S/c1-18-12-6-4-11(5-7-12)13(10-2-3-10)15-8-9-19(14,16)17/h4-7,10,13,15H,2-3,8-9H2,1H3,(H2,14,16,17). The molecule has 1 unspecified atom stereocenters. The number of hydrogen-bond donors (Lipinski definition) is 2. The minimum Gasteiger partial charge on any atom is -0.497 e. The lowest BCUT2D eigenvalue weighted by molar-refractivity contribution is 0.414. The van der Waals surface area contributed by atoms with Gasteiger partial charge in [-0.3, -0.25) is 0 Å². The highest BCUT2D eigenvalue weighted by Crippen LogP contribution is 2.41.